The molecule has 1 N–H and O–H groups in total. The van der Waals surface area contributed by atoms with Crippen LogP contribution in [0.5, 0.6) is 11.5 Å². The van der Waals surface area contributed by atoms with Gasteiger partial charge in [-0.15, -0.1) is 0 Å². The first kappa shape index (κ1) is 13.7. The Morgan fingerprint density at radius 1 is 1.05 bits per heavy atom. The van der Waals surface area contributed by atoms with Crippen LogP contribution in [0.4, 0.5) is 0 Å². The molecular formula is C17H25NO2. The molecule has 2 heterocycles. The van der Waals surface area contributed by atoms with Crippen molar-refractivity contribution in [3.63, 3.8) is 0 Å². The monoisotopic (exact) mass is 275 g/mol. The third kappa shape index (κ3) is 2.78. The fourth-order valence-corrected chi connectivity index (χ4v) is 3.16. The predicted molar refractivity (Wildman–Crippen MR) is 80.7 cm³/mol. The summed E-state index contributed by atoms with van der Waals surface area (Å²) in [5, 5.41) is 3.66. The Kier molecular flexibility index (Phi) is 4.16. The molecule has 1 atom stereocenters. The lowest BCUT2D eigenvalue weighted by atomic mass is 9.88. The zero-order valence-electron chi connectivity index (χ0n) is 12.6. The van der Waals surface area contributed by atoms with E-state index in [0.717, 1.165) is 37.7 Å². The van der Waals surface area contributed by atoms with Gasteiger partial charge in [0.25, 0.3) is 0 Å². The molecule has 2 aliphatic heterocycles. The van der Waals surface area contributed by atoms with Gasteiger partial charge in [-0.05, 0) is 48.6 Å². The number of fused-ring (bicyclic) bond motifs is 1. The molecule has 0 spiro atoms. The van der Waals surface area contributed by atoms with E-state index < -0.39 is 0 Å². The summed E-state index contributed by atoms with van der Waals surface area (Å²) in [5.41, 5.74) is 2.80. The van der Waals surface area contributed by atoms with E-state index in [-0.39, 0.29) is 0 Å². The van der Waals surface area contributed by atoms with Gasteiger partial charge in [-0.3, -0.25) is 0 Å². The summed E-state index contributed by atoms with van der Waals surface area (Å²) in [5.74, 6) is 2.35. The Labute approximate surface area is 121 Å². The SMILES string of the molecule is CC(C)c1cc2c(cc1C1CCCCN1)OCCCO2. The minimum atomic E-state index is 0.471. The molecule has 20 heavy (non-hydrogen) atoms. The van der Waals surface area contributed by atoms with Crippen molar-refractivity contribution >= 4 is 0 Å². The topological polar surface area (TPSA) is 30.5 Å². The number of piperidine rings is 1. The fraction of sp³-hybridized carbons (Fsp3) is 0.647. The van der Waals surface area contributed by atoms with Crippen LogP contribution in [-0.4, -0.2) is 19.8 Å². The molecule has 1 saturated heterocycles. The van der Waals surface area contributed by atoms with E-state index in [1.165, 1.54) is 30.4 Å². The Morgan fingerprint density at radius 2 is 1.80 bits per heavy atom. The van der Waals surface area contributed by atoms with Crippen molar-refractivity contribution < 1.29 is 9.47 Å². The van der Waals surface area contributed by atoms with Crippen molar-refractivity contribution in [3.05, 3.63) is 23.3 Å². The van der Waals surface area contributed by atoms with Crippen LogP contribution in [0, 0.1) is 0 Å². The molecule has 1 aromatic rings. The number of hydrogen-bond acceptors (Lipinski definition) is 3. The average molecular weight is 275 g/mol. The van der Waals surface area contributed by atoms with Crippen LogP contribution in [0.3, 0.4) is 0 Å². The minimum Gasteiger partial charge on any atom is -0.490 e. The Hall–Kier alpha value is -1.22. The molecule has 3 heteroatoms. The number of nitrogens with one attached hydrogen (secondary N) is 1. The predicted octanol–water partition coefficient (Wildman–Crippen LogP) is 3.79. The Balaban J connectivity index is 1.99. The van der Waals surface area contributed by atoms with Gasteiger partial charge in [-0.25, -0.2) is 0 Å². The molecule has 0 amide bonds. The molecule has 2 aliphatic rings. The van der Waals surface area contributed by atoms with Gasteiger partial charge in [0.05, 0.1) is 13.2 Å². The van der Waals surface area contributed by atoms with Crippen LogP contribution >= 0.6 is 0 Å². The quantitative estimate of drug-likeness (QED) is 0.891. The van der Waals surface area contributed by atoms with Gasteiger partial charge in [0.15, 0.2) is 11.5 Å². The van der Waals surface area contributed by atoms with E-state index in [4.69, 9.17) is 9.47 Å². The molecule has 0 aromatic heterocycles. The van der Waals surface area contributed by atoms with E-state index in [0.29, 0.717) is 12.0 Å². The second kappa shape index (κ2) is 6.04. The second-order valence-electron chi connectivity index (χ2n) is 6.14. The van der Waals surface area contributed by atoms with Crippen molar-refractivity contribution in [1.29, 1.82) is 0 Å². The van der Waals surface area contributed by atoms with Crippen molar-refractivity contribution in [2.45, 2.75) is 51.5 Å². The molecule has 1 aromatic carbocycles. The van der Waals surface area contributed by atoms with Crippen molar-refractivity contribution in [2.75, 3.05) is 19.8 Å². The first-order valence-corrected chi connectivity index (χ1v) is 7.92. The zero-order chi connectivity index (χ0) is 13.9. The molecule has 3 nitrogen and oxygen atoms in total. The number of ether oxygens (including phenoxy) is 2. The molecule has 0 bridgehead atoms. The van der Waals surface area contributed by atoms with Gasteiger partial charge < -0.3 is 14.8 Å². The molecule has 0 radical (unpaired) electrons. The highest BCUT2D eigenvalue weighted by atomic mass is 16.5. The summed E-state index contributed by atoms with van der Waals surface area (Å²) in [6.45, 7) is 7.14. The van der Waals surface area contributed by atoms with Crippen LogP contribution in [0.15, 0.2) is 12.1 Å². The molecule has 1 fully saturated rings. The molecular weight excluding hydrogens is 250 g/mol. The van der Waals surface area contributed by atoms with Crippen LogP contribution < -0.4 is 14.8 Å². The first-order valence-electron chi connectivity index (χ1n) is 7.92. The highest BCUT2D eigenvalue weighted by molar-refractivity contribution is 5.50. The van der Waals surface area contributed by atoms with Gasteiger partial charge in [0.1, 0.15) is 0 Å². The van der Waals surface area contributed by atoms with Crippen LogP contribution in [0.1, 0.15) is 62.6 Å². The van der Waals surface area contributed by atoms with Crippen LogP contribution in [0.2, 0.25) is 0 Å². The standard InChI is InChI=1S/C17H25NO2/c1-12(2)13-10-16-17(20-9-5-8-19-16)11-14(13)15-6-3-4-7-18-15/h10-12,15,18H,3-9H2,1-2H3. The lowest BCUT2D eigenvalue weighted by molar-refractivity contribution is 0.296. The summed E-state index contributed by atoms with van der Waals surface area (Å²) < 4.78 is 11.7. The zero-order valence-corrected chi connectivity index (χ0v) is 12.6. The van der Waals surface area contributed by atoms with Crippen molar-refractivity contribution in [1.82, 2.24) is 5.32 Å². The largest absolute Gasteiger partial charge is 0.490 e. The van der Waals surface area contributed by atoms with Gasteiger partial charge in [-0.2, -0.15) is 0 Å². The third-order valence-corrected chi connectivity index (χ3v) is 4.26. The summed E-state index contributed by atoms with van der Waals surface area (Å²) in [6, 6.07) is 4.90. The fourth-order valence-electron chi connectivity index (χ4n) is 3.16. The van der Waals surface area contributed by atoms with Crippen molar-refractivity contribution in [2.24, 2.45) is 0 Å². The number of rotatable bonds is 2. The maximum absolute atomic E-state index is 5.86. The number of hydrogen-bond donors (Lipinski definition) is 1. The average Bonchev–Trinajstić information content (AvgIpc) is 2.71. The van der Waals surface area contributed by atoms with Crippen LogP contribution in [-0.2, 0) is 0 Å². The van der Waals surface area contributed by atoms with Gasteiger partial charge in [-0.1, -0.05) is 20.3 Å². The van der Waals surface area contributed by atoms with Gasteiger partial charge >= 0.3 is 0 Å². The molecule has 0 saturated carbocycles. The second-order valence-corrected chi connectivity index (χ2v) is 6.14. The lowest BCUT2D eigenvalue weighted by Crippen LogP contribution is -2.27. The highest BCUT2D eigenvalue weighted by Crippen LogP contribution is 2.39. The third-order valence-electron chi connectivity index (χ3n) is 4.26. The lowest BCUT2D eigenvalue weighted by Gasteiger charge is -2.28. The van der Waals surface area contributed by atoms with E-state index in [1.54, 1.807) is 0 Å². The van der Waals surface area contributed by atoms with Gasteiger partial charge in [0, 0.05) is 12.5 Å². The highest BCUT2D eigenvalue weighted by Gasteiger charge is 2.23. The Bertz CT molecular complexity index is 464. The molecule has 1 unspecified atom stereocenters. The van der Waals surface area contributed by atoms with E-state index in [2.05, 4.69) is 31.3 Å². The normalized spacial score (nSPS) is 22.6. The smallest absolute Gasteiger partial charge is 0.161 e. The van der Waals surface area contributed by atoms with Gasteiger partial charge in [0.2, 0.25) is 0 Å². The molecule has 0 aliphatic carbocycles. The van der Waals surface area contributed by atoms with E-state index in [9.17, 15) is 0 Å². The van der Waals surface area contributed by atoms with E-state index >= 15 is 0 Å². The van der Waals surface area contributed by atoms with Crippen LogP contribution in [0.25, 0.3) is 0 Å². The Morgan fingerprint density at radius 3 is 2.45 bits per heavy atom. The molecule has 110 valence electrons. The first-order chi connectivity index (χ1) is 9.75. The number of benzene rings is 1. The maximum atomic E-state index is 5.86. The minimum absolute atomic E-state index is 0.471. The summed E-state index contributed by atoms with van der Waals surface area (Å²) >= 11 is 0. The van der Waals surface area contributed by atoms with Crippen molar-refractivity contribution in [3.8, 4) is 11.5 Å². The summed E-state index contributed by atoms with van der Waals surface area (Å²) in [7, 11) is 0. The molecule has 3 rings (SSSR count). The summed E-state index contributed by atoms with van der Waals surface area (Å²) in [6.07, 6.45) is 4.78. The van der Waals surface area contributed by atoms with E-state index in [1.807, 2.05) is 0 Å². The maximum Gasteiger partial charge on any atom is 0.161 e. The summed E-state index contributed by atoms with van der Waals surface area (Å²) in [4.78, 5) is 0.